The highest BCUT2D eigenvalue weighted by Crippen LogP contribution is 2.27. The molecule has 1 N–H and O–H groups in total. The van der Waals surface area contributed by atoms with Crippen LogP contribution in [-0.4, -0.2) is 29.8 Å². The standard InChI is InChI=1S/C15H19NO4/c1-3-20-14(18)15(2,13(17)9-10-16-19)11-12-7-5-4-6-8-12/h4-8,10,19H,3,9,11H2,1-2H3. The summed E-state index contributed by atoms with van der Waals surface area (Å²) in [5, 5.41) is 11.2. The van der Waals surface area contributed by atoms with E-state index < -0.39 is 11.4 Å². The maximum absolute atomic E-state index is 12.2. The van der Waals surface area contributed by atoms with Crippen molar-refractivity contribution in [3.8, 4) is 0 Å². The van der Waals surface area contributed by atoms with Crippen LogP contribution in [0.3, 0.4) is 0 Å². The molecule has 0 aliphatic heterocycles. The van der Waals surface area contributed by atoms with Crippen LogP contribution in [0.5, 0.6) is 0 Å². The van der Waals surface area contributed by atoms with Crippen LogP contribution in [0.4, 0.5) is 0 Å². The first-order chi connectivity index (χ1) is 9.54. The minimum atomic E-state index is -1.28. The van der Waals surface area contributed by atoms with Crippen LogP contribution in [0.15, 0.2) is 35.5 Å². The minimum absolute atomic E-state index is 0.112. The van der Waals surface area contributed by atoms with Crippen molar-refractivity contribution in [1.29, 1.82) is 0 Å². The van der Waals surface area contributed by atoms with Gasteiger partial charge in [0.2, 0.25) is 0 Å². The summed E-state index contributed by atoms with van der Waals surface area (Å²) in [5.41, 5.74) is -0.407. The van der Waals surface area contributed by atoms with Gasteiger partial charge in [0.05, 0.1) is 12.8 Å². The minimum Gasteiger partial charge on any atom is -0.465 e. The van der Waals surface area contributed by atoms with E-state index in [2.05, 4.69) is 5.16 Å². The lowest BCUT2D eigenvalue weighted by Gasteiger charge is -2.25. The van der Waals surface area contributed by atoms with E-state index in [0.29, 0.717) is 0 Å². The largest absolute Gasteiger partial charge is 0.465 e. The van der Waals surface area contributed by atoms with Crippen molar-refractivity contribution in [3.63, 3.8) is 0 Å². The Morgan fingerprint density at radius 2 is 2.00 bits per heavy atom. The van der Waals surface area contributed by atoms with Gasteiger partial charge in [-0.15, -0.1) is 5.16 Å². The molecule has 0 saturated carbocycles. The Morgan fingerprint density at radius 1 is 1.35 bits per heavy atom. The fourth-order valence-corrected chi connectivity index (χ4v) is 1.93. The first-order valence-electron chi connectivity index (χ1n) is 6.45. The Balaban J connectivity index is 3.00. The molecule has 0 aliphatic carbocycles. The lowest BCUT2D eigenvalue weighted by molar-refractivity contribution is -0.158. The predicted octanol–water partition coefficient (Wildman–Crippen LogP) is 2.22. The van der Waals surface area contributed by atoms with Gasteiger partial charge in [0.25, 0.3) is 0 Å². The molecule has 108 valence electrons. The normalized spacial score (nSPS) is 13.9. The summed E-state index contributed by atoms with van der Waals surface area (Å²) in [5.74, 6) is -0.891. The van der Waals surface area contributed by atoms with E-state index in [0.717, 1.165) is 11.8 Å². The topological polar surface area (TPSA) is 76.0 Å². The molecule has 5 heteroatoms. The maximum atomic E-state index is 12.2. The predicted molar refractivity (Wildman–Crippen MR) is 74.8 cm³/mol. The molecule has 1 rings (SSSR count). The maximum Gasteiger partial charge on any atom is 0.319 e. The van der Waals surface area contributed by atoms with Crippen molar-refractivity contribution >= 4 is 18.0 Å². The van der Waals surface area contributed by atoms with E-state index in [9.17, 15) is 9.59 Å². The van der Waals surface area contributed by atoms with Crippen molar-refractivity contribution in [2.75, 3.05) is 6.61 Å². The van der Waals surface area contributed by atoms with E-state index in [1.54, 1.807) is 13.8 Å². The zero-order chi connectivity index (χ0) is 15.0. The molecule has 1 aromatic rings. The number of ketones is 1. The van der Waals surface area contributed by atoms with Gasteiger partial charge in [0.1, 0.15) is 5.41 Å². The molecule has 0 radical (unpaired) electrons. The Kier molecular flexibility index (Phi) is 5.90. The van der Waals surface area contributed by atoms with Gasteiger partial charge >= 0.3 is 5.97 Å². The molecule has 0 fully saturated rings. The van der Waals surface area contributed by atoms with Gasteiger partial charge in [-0.25, -0.2) is 0 Å². The van der Waals surface area contributed by atoms with Gasteiger partial charge in [-0.3, -0.25) is 9.59 Å². The molecule has 1 unspecified atom stereocenters. The molecule has 0 aliphatic rings. The Hall–Kier alpha value is -2.17. The van der Waals surface area contributed by atoms with Gasteiger partial charge < -0.3 is 9.94 Å². The number of hydrogen-bond donors (Lipinski definition) is 1. The van der Waals surface area contributed by atoms with Gasteiger partial charge in [-0.05, 0) is 25.8 Å². The highest BCUT2D eigenvalue weighted by molar-refractivity contribution is 6.08. The Bertz CT molecular complexity index is 484. The van der Waals surface area contributed by atoms with Crippen LogP contribution in [0.1, 0.15) is 25.8 Å². The summed E-state index contributed by atoms with van der Waals surface area (Å²) in [6.07, 6.45) is 1.22. The average molecular weight is 277 g/mol. The molecular weight excluding hydrogens is 258 g/mol. The number of benzene rings is 1. The number of oxime groups is 1. The van der Waals surface area contributed by atoms with Crippen LogP contribution >= 0.6 is 0 Å². The zero-order valence-electron chi connectivity index (χ0n) is 11.7. The third kappa shape index (κ3) is 3.91. The van der Waals surface area contributed by atoms with E-state index in [-0.39, 0.29) is 25.2 Å². The second-order valence-electron chi connectivity index (χ2n) is 4.64. The van der Waals surface area contributed by atoms with Crippen molar-refractivity contribution in [2.24, 2.45) is 10.6 Å². The summed E-state index contributed by atoms with van der Waals surface area (Å²) in [6, 6.07) is 9.27. The number of Topliss-reactive ketones (excluding diaryl/α,β-unsaturated/α-hetero) is 1. The first-order valence-corrected chi connectivity index (χ1v) is 6.45. The zero-order valence-corrected chi connectivity index (χ0v) is 11.7. The summed E-state index contributed by atoms with van der Waals surface area (Å²) in [6.45, 7) is 3.47. The van der Waals surface area contributed by atoms with Crippen molar-refractivity contribution in [1.82, 2.24) is 0 Å². The van der Waals surface area contributed by atoms with Crippen molar-refractivity contribution in [3.05, 3.63) is 35.9 Å². The molecule has 1 aromatic carbocycles. The van der Waals surface area contributed by atoms with E-state index in [1.807, 2.05) is 30.3 Å². The molecule has 1 atom stereocenters. The fraction of sp³-hybridized carbons (Fsp3) is 0.400. The quantitative estimate of drug-likeness (QED) is 0.272. The second kappa shape index (κ2) is 7.43. The van der Waals surface area contributed by atoms with E-state index in [4.69, 9.17) is 9.94 Å². The lowest BCUT2D eigenvalue weighted by atomic mass is 9.78. The van der Waals surface area contributed by atoms with E-state index in [1.165, 1.54) is 0 Å². The highest BCUT2D eigenvalue weighted by atomic mass is 16.5. The first kappa shape index (κ1) is 15.9. The average Bonchev–Trinajstić information content (AvgIpc) is 2.45. The van der Waals surface area contributed by atoms with Crippen LogP contribution < -0.4 is 0 Å². The fourth-order valence-electron chi connectivity index (χ4n) is 1.93. The summed E-state index contributed by atoms with van der Waals surface area (Å²) < 4.78 is 5.01. The monoisotopic (exact) mass is 277 g/mol. The number of esters is 1. The third-order valence-electron chi connectivity index (χ3n) is 3.10. The number of carbonyl (C=O) groups excluding carboxylic acids is 2. The van der Waals surface area contributed by atoms with Gasteiger partial charge in [0.15, 0.2) is 5.78 Å². The van der Waals surface area contributed by atoms with Crippen molar-refractivity contribution < 1.29 is 19.5 Å². The molecular formula is C15H19NO4. The number of hydrogen-bond acceptors (Lipinski definition) is 5. The summed E-state index contributed by atoms with van der Waals surface area (Å²) in [7, 11) is 0. The molecule has 0 heterocycles. The summed E-state index contributed by atoms with van der Waals surface area (Å²) in [4.78, 5) is 24.4. The Morgan fingerprint density at radius 3 is 2.55 bits per heavy atom. The van der Waals surface area contributed by atoms with Gasteiger partial charge in [0, 0.05) is 6.42 Å². The van der Waals surface area contributed by atoms with Crippen LogP contribution in [0.2, 0.25) is 0 Å². The Labute approximate surface area is 118 Å². The van der Waals surface area contributed by atoms with E-state index >= 15 is 0 Å². The van der Waals surface area contributed by atoms with Gasteiger partial charge in [-0.1, -0.05) is 30.3 Å². The lowest BCUT2D eigenvalue weighted by Crippen LogP contribution is -2.40. The highest BCUT2D eigenvalue weighted by Gasteiger charge is 2.41. The molecule has 0 amide bonds. The molecule has 20 heavy (non-hydrogen) atoms. The molecule has 5 nitrogen and oxygen atoms in total. The van der Waals surface area contributed by atoms with Gasteiger partial charge in [-0.2, -0.15) is 0 Å². The molecule has 0 aromatic heterocycles. The molecule has 0 spiro atoms. The number of nitrogens with zero attached hydrogens (tertiary/aromatic N) is 1. The van der Waals surface area contributed by atoms with Crippen molar-refractivity contribution in [2.45, 2.75) is 26.7 Å². The second-order valence-corrected chi connectivity index (χ2v) is 4.64. The third-order valence-corrected chi connectivity index (χ3v) is 3.10. The SMILES string of the molecule is CCOC(=O)C(C)(Cc1ccccc1)C(=O)CC=NO. The summed E-state index contributed by atoms with van der Waals surface area (Å²) >= 11 is 0. The molecule has 0 bridgehead atoms. The number of ether oxygens (including phenoxy) is 1. The van der Waals surface area contributed by atoms with Crippen LogP contribution in [0, 0.1) is 5.41 Å². The number of rotatable bonds is 7. The van der Waals surface area contributed by atoms with Crippen LogP contribution in [-0.2, 0) is 20.7 Å². The number of carbonyl (C=O) groups is 2. The smallest absolute Gasteiger partial charge is 0.319 e. The van der Waals surface area contributed by atoms with Crippen LogP contribution in [0.25, 0.3) is 0 Å². The molecule has 0 saturated heterocycles.